The number of para-hydroxylation sites is 2. The van der Waals surface area contributed by atoms with Crippen LogP contribution in [0.5, 0.6) is 5.75 Å². The van der Waals surface area contributed by atoms with Crippen LogP contribution in [0.2, 0.25) is 0 Å². The van der Waals surface area contributed by atoms with Gasteiger partial charge in [0.25, 0.3) is 0 Å². The zero-order valence-corrected chi connectivity index (χ0v) is 30.5. The lowest BCUT2D eigenvalue weighted by Crippen LogP contribution is -2.65. The average Bonchev–Trinajstić information content (AvgIpc) is 3.02. The van der Waals surface area contributed by atoms with Crippen LogP contribution in [-0.4, -0.2) is 54.7 Å². The quantitative estimate of drug-likeness (QED) is 0.361. The van der Waals surface area contributed by atoms with Gasteiger partial charge in [-0.1, -0.05) is 72.6 Å². The Morgan fingerprint density at radius 2 is 1.64 bits per heavy atom. The third-order valence-corrected chi connectivity index (χ3v) is 15.9. The molecule has 4 saturated carbocycles. The normalized spacial score (nSPS) is 44.4. The van der Waals surface area contributed by atoms with E-state index in [0.717, 1.165) is 56.4 Å². The van der Waals surface area contributed by atoms with Gasteiger partial charge in [0.1, 0.15) is 12.0 Å². The van der Waals surface area contributed by atoms with Crippen molar-refractivity contribution in [2.75, 3.05) is 31.6 Å². The van der Waals surface area contributed by atoms with Gasteiger partial charge < -0.3 is 19.6 Å². The molecule has 6 aliphatic rings. The second kappa shape index (κ2) is 10.8. The Labute approximate surface area is 283 Å². The van der Waals surface area contributed by atoms with Crippen molar-refractivity contribution in [2.45, 2.75) is 119 Å². The topological polar surface area (TPSA) is 70.1 Å². The van der Waals surface area contributed by atoms with E-state index in [4.69, 9.17) is 4.74 Å². The lowest BCUT2D eigenvalue weighted by atomic mass is 9.33. The van der Waals surface area contributed by atoms with Gasteiger partial charge in [-0.05, 0) is 115 Å². The number of piperazine rings is 1. The van der Waals surface area contributed by atoms with Crippen molar-refractivity contribution in [3.8, 4) is 5.75 Å². The number of hydrogen-bond acceptors (Lipinski definition) is 5. The first-order chi connectivity index (χ1) is 22.0. The maximum absolute atomic E-state index is 14.7. The molecule has 5 aliphatic carbocycles. The van der Waals surface area contributed by atoms with Crippen LogP contribution in [0, 0.1) is 50.2 Å². The molecule has 6 heteroatoms. The van der Waals surface area contributed by atoms with Crippen LogP contribution in [0.4, 0.5) is 5.69 Å². The highest BCUT2D eigenvalue weighted by Crippen LogP contribution is 2.75. The highest BCUT2D eigenvalue weighted by molar-refractivity contribution is 5.95. The molecule has 47 heavy (non-hydrogen) atoms. The molecule has 7 rings (SSSR count). The van der Waals surface area contributed by atoms with Gasteiger partial charge in [0.05, 0.1) is 19.3 Å². The fourth-order valence-electron chi connectivity index (χ4n) is 12.9. The monoisotopic (exact) mass is 644 g/mol. The van der Waals surface area contributed by atoms with E-state index < -0.39 is 11.6 Å². The second-order valence-corrected chi connectivity index (χ2v) is 18.7. The van der Waals surface area contributed by atoms with E-state index in [2.05, 4.69) is 59.4 Å². The highest BCUT2D eigenvalue weighted by Gasteiger charge is 2.69. The zero-order valence-electron chi connectivity index (χ0n) is 30.5. The average molecular weight is 645 g/mol. The first-order valence-corrected chi connectivity index (χ1v) is 18.7. The summed E-state index contributed by atoms with van der Waals surface area (Å²) in [5, 5.41) is 11.4. The van der Waals surface area contributed by atoms with Gasteiger partial charge in [0.15, 0.2) is 5.78 Å². The summed E-state index contributed by atoms with van der Waals surface area (Å²) in [5.41, 5.74) is 2.01. The predicted octanol–water partition coefficient (Wildman–Crippen LogP) is 8.03. The lowest BCUT2D eigenvalue weighted by Gasteiger charge is -2.70. The number of β-amino-alcohol motifs (C(OH)–C–C–N with tert-alkyl or cyclic N) is 1. The van der Waals surface area contributed by atoms with E-state index in [1.165, 1.54) is 24.8 Å². The van der Waals surface area contributed by atoms with E-state index in [0.29, 0.717) is 31.3 Å². The summed E-state index contributed by atoms with van der Waals surface area (Å²) < 4.78 is 5.59. The van der Waals surface area contributed by atoms with Gasteiger partial charge in [0, 0.05) is 24.4 Å². The van der Waals surface area contributed by atoms with Crippen molar-refractivity contribution >= 4 is 17.4 Å². The maximum atomic E-state index is 14.7. The summed E-state index contributed by atoms with van der Waals surface area (Å²) in [4.78, 5) is 33.0. The Balaban J connectivity index is 1.17. The number of rotatable bonds is 3. The number of carbonyl (C=O) groups excluding carboxylic acids is 2. The standard InChI is InChI=1S/C41H60N2O4/c1-36(2)15-11-16-39(5)32(36)14-17-41(7)34(39)30(44)24-27-28-25-38(4,19-18-37(28,3)20-21-40(27,41)6)35(46)43-23-22-42(26-33(43)45)29-12-9-10-13-31(29)47-8/h9-10,12-13,24,28,32-34,45H,11,14-23,25-26H2,1-8H3/t28-,32?,33?,34?,37-,38?,39+,40-,41-/m1/s1. The minimum Gasteiger partial charge on any atom is -0.495 e. The summed E-state index contributed by atoms with van der Waals surface area (Å²) in [6.07, 6.45) is 12.1. The Kier molecular flexibility index (Phi) is 7.64. The molecule has 0 bridgehead atoms. The third-order valence-electron chi connectivity index (χ3n) is 15.9. The molecule has 0 aromatic heterocycles. The minimum absolute atomic E-state index is 0.0384. The molecule has 1 amide bonds. The van der Waals surface area contributed by atoms with Crippen LogP contribution in [0.15, 0.2) is 35.9 Å². The number of fused-ring (bicyclic) bond motifs is 7. The lowest BCUT2D eigenvalue weighted by molar-refractivity contribution is -0.185. The molecule has 0 spiro atoms. The number of anilines is 1. The molecular formula is C41H60N2O4. The van der Waals surface area contributed by atoms with Crippen LogP contribution < -0.4 is 9.64 Å². The largest absolute Gasteiger partial charge is 0.495 e. The van der Waals surface area contributed by atoms with E-state index in [9.17, 15) is 14.7 Å². The van der Waals surface area contributed by atoms with E-state index in [1.54, 1.807) is 12.0 Å². The SMILES string of the molecule is COc1ccccc1N1CCN(C(=O)C2(C)CC[C@]3(C)CC[C@]4(C)C(=CC(=O)C5[C@@]6(C)CCCC(C)(C)C6CC[C@]54C)[C@H]3C2)C(O)C1. The van der Waals surface area contributed by atoms with Crippen molar-refractivity contribution in [1.29, 1.82) is 0 Å². The molecule has 1 aromatic rings. The summed E-state index contributed by atoms with van der Waals surface area (Å²) in [6.45, 7) is 18.4. The molecule has 9 atom stereocenters. The second-order valence-electron chi connectivity index (χ2n) is 18.7. The maximum Gasteiger partial charge on any atom is 0.230 e. The van der Waals surface area contributed by atoms with E-state index in [1.807, 2.05) is 24.3 Å². The number of carbonyl (C=O) groups is 2. The number of aliphatic hydroxyl groups excluding tert-OH is 1. The molecule has 258 valence electrons. The van der Waals surface area contributed by atoms with Crippen LogP contribution in [0.25, 0.3) is 0 Å². The van der Waals surface area contributed by atoms with Crippen LogP contribution in [0.3, 0.4) is 0 Å². The molecule has 1 heterocycles. The zero-order chi connectivity index (χ0) is 33.8. The molecule has 4 unspecified atom stereocenters. The number of ketones is 1. The highest BCUT2D eigenvalue weighted by atomic mass is 16.5. The van der Waals surface area contributed by atoms with Crippen LogP contribution in [-0.2, 0) is 9.59 Å². The fraction of sp³-hybridized carbons (Fsp3) is 0.756. The Hall–Kier alpha value is -2.34. The number of methoxy groups -OCH3 is 1. The van der Waals surface area contributed by atoms with E-state index in [-0.39, 0.29) is 44.8 Å². The Morgan fingerprint density at radius 1 is 0.915 bits per heavy atom. The molecule has 5 fully saturated rings. The van der Waals surface area contributed by atoms with Gasteiger partial charge in [-0.25, -0.2) is 0 Å². The van der Waals surface area contributed by atoms with Gasteiger partial charge in [-0.2, -0.15) is 0 Å². The smallest absolute Gasteiger partial charge is 0.230 e. The molecule has 6 nitrogen and oxygen atoms in total. The number of allylic oxidation sites excluding steroid dienone is 2. The number of aliphatic hydroxyl groups is 1. The van der Waals surface area contributed by atoms with Gasteiger partial charge in [-0.3, -0.25) is 9.59 Å². The van der Waals surface area contributed by atoms with Gasteiger partial charge in [-0.15, -0.1) is 0 Å². The van der Waals surface area contributed by atoms with Crippen molar-refractivity contribution < 1.29 is 19.4 Å². The Morgan fingerprint density at radius 3 is 2.36 bits per heavy atom. The summed E-state index contributed by atoms with van der Waals surface area (Å²) in [7, 11) is 1.67. The fourth-order valence-corrected chi connectivity index (χ4v) is 12.9. The van der Waals surface area contributed by atoms with Crippen LogP contribution >= 0.6 is 0 Å². The number of ether oxygens (including phenoxy) is 1. The number of amides is 1. The molecule has 0 radical (unpaired) electrons. The summed E-state index contributed by atoms with van der Waals surface area (Å²) >= 11 is 0. The minimum atomic E-state index is -0.881. The van der Waals surface area contributed by atoms with Crippen molar-refractivity contribution in [2.24, 2.45) is 50.2 Å². The van der Waals surface area contributed by atoms with Crippen molar-refractivity contribution in [3.05, 3.63) is 35.9 Å². The molecular weight excluding hydrogens is 584 g/mol. The molecule has 1 N–H and O–H groups in total. The number of benzene rings is 1. The molecule has 1 aliphatic heterocycles. The molecule has 1 aromatic carbocycles. The predicted molar refractivity (Wildman–Crippen MR) is 187 cm³/mol. The first-order valence-electron chi connectivity index (χ1n) is 18.7. The van der Waals surface area contributed by atoms with Crippen molar-refractivity contribution in [3.63, 3.8) is 0 Å². The number of hydrogen-bond donors (Lipinski definition) is 1. The van der Waals surface area contributed by atoms with Crippen molar-refractivity contribution in [1.82, 2.24) is 4.90 Å². The van der Waals surface area contributed by atoms with E-state index >= 15 is 0 Å². The summed E-state index contributed by atoms with van der Waals surface area (Å²) in [6, 6.07) is 7.88. The number of nitrogens with zero attached hydrogens (tertiary/aromatic N) is 2. The van der Waals surface area contributed by atoms with Gasteiger partial charge >= 0.3 is 0 Å². The Bertz CT molecular complexity index is 1490. The summed E-state index contributed by atoms with van der Waals surface area (Å²) in [5.74, 6) is 2.07. The first kappa shape index (κ1) is 33.2. The molecule has 1 saturated heterocycles. The van der Waals surface area contributed by atoms with Crippen LogP contribution in [0.1, 0.15) is 113 Å². The third kappa shape index (κ3) is 4.65. The van der Waals surface area contributed by atoms with Gasteiger partial charge in [0.2, 0.25) is 5.91 Å².